The number of allylic oxidation sites excluding steroid dienone is 3. The molecule has 0 radical (unpaired) electrons. The lowest BCUT2D eigenvalue weighted by Gasteiger charge is -2.43. The SMILES string of the molecule is C1=C[C@H]2CCCC3=Cc4nc5c(nc4[C@@H](C1)[C@H]32)CCCC5. The van der Waals surface area contributed by atoms with Crippen molar-refractivity contribution in [2.24, 2.45) is 11.8 Å². The van der Waals surface area contributed by atoms with Crippen molar-refractivity contribution in [3.05, 3.63) is 40.5 Å². The Morgan fingerprint density at radius 2 is 1.81 bits per heavy atom. The molecule has 0 unspecified atom stereocenters. The van der Waals surface area contributed by atoms with E-state index in [1.165, 1.54) is 61.3 Å². The molecule has 5 rings (SSSR count). The first-order chi connectivity index (χ1) is 10.4. The van der Waals surface area contributed by atoms with E-state index in [1.807, 2.05) is 0 Å². The van der Waals surface area contributed by atoms with Gasteiger partial charge in [0.1, 0.15) is 0 Å². The molecule has 1 heterocycles. The Bertz CT molecular complexity index is 656. The number of hydrogen-bond acceptors (Lipinski definition) is 2. The number of hydrogen-bond donors (Lipinski definition) is 0. The molecule has 1 aromatic rings. The molecule has 0 bridgehead atoms. The van der Waals surface area contributed by atoms with E-state index < -0.39 is 0 Å². The first kappa shape index (κ1) is 12.1. The summed E-state index contributed by atoms with van der Waals surface area (Å²) in [6.45, 7) is 0. The second-order valence-corrected chi connectivity index (χ2v) is 7.17. The molecule has 0 amide bonds. The fourth-order valence-corrected chi connectivity index (χ4v) is 5.01. The van der Waals surface area contributed by atoms with Crippen LogP contribution in [0.1, 0.15) is 67.2 Å². The molecule has 108 valence electrons. The third-order valence-corrected chi connectivity index (χ3v) is 5.96. The third kappa shape index (κ3) is 1.77. The average molecular weight is 278 g/mol. The highest BCUT2D eigenvalue weighted by molar-refractivity contribution is 5.59. The van der Waals surface area contributed by atoms with Crippen LogP contribution in [0.5, 0.6) is 0 Å². The van der Waals surface area contributed by atoms with Crippen LogP contribution in [-0.2, 0) is 12.8 Å². The Balaban J connectivity index is 1.68. The van der Waals surface area contributed by atoms with E-state index in [2.05, 4.69) is 18.2 Å². The van der Waals surface area contributed by atoms with Gasteiger partial charge in [0, 0.05) is 5.92 Å². The van der Waals surface area contributed by atoms with Gasteiger partial charge in [-0.3, -0.25) is 4.98 Å². The minimum atomic E-state index is 0.607. The molecule has 2 heteroatoms. The lowest BCUT2D eigenvalue weighted by atomic mass is 9.62. The summed E-state index contributed by atoms with van der Waals surface area (Å²) in [5.74, 6) is 2.09. The van der Waals surface area contributed by atoms with Crippen LogP contribution in [0.4, 0.5) is 0 Å². The fourth-order valence-electron chi connectivity index (χ4n) is 5.01. The zero-order valence-corrected chi connectivity index (χ0v) is 12.5. The molecular weight excluding hydrogens is 256 g/mol. The van der Waals surface area contributed by atoms with Gasteiger partial charge in [-0.25, -0.2) is 4.98 Å². The van der Waals surface area contributed by atoms with E-state index in [-0.39, 0.29) is 0 Å². The smallest absolute Gasteiger partial charge is 0.0851 e. The van der Waals surface area contributed by atoms with Gasteiger partial charge in [0.15, 0.2) is 0 Å². The van der Waals surface area contributed by atoms with Crippen molar-refractivity contribution in [3.63, 3.8) is 0 Å². The van der Waals surface area contributed by atoms with Crippen LogP contribution < -0.4 is 0 Å². The molecule has 0 aromatic carbocycles. The lowest BCUT2D eigenvalue weighted by molar-refractivity contribution is 0.290. The molecule has 0 N–H and O–H groups in total. The predicted octanol–water partition coefficient (Wildman–Crippen LogP) is 4.21. The highest BCUT2D eigenvalue weighted by Gasteiger charge is 2.40. The summed E-state index contributed by atoms with van der Waals surface area (Å²) >= 11 is 0. The molecule has 4 aliphatic carbocycles. The minimum absolute atomic E-state index is 0.607. The maximum atomic E-state index is 5.12. The molecule has 1 saturated carbocycles. The van der Waals surface area contributed by atoms with Crippen LogP contribution in [0.2, 0.25) is 0 Å². The van der Waals surface area contributed by atoms with Gasteiger partial charge in [-0.05, 0) is 69.3 Å². The second kappa shape index (κ2) is 4.53. The number of aromatic nitrogens is 2. The van der Waals surface area contributed by atoms with Crippen molar-refractivity contribution in [3.8, 4) is 0 Å². The maximum Gasteiger partial charge on any atom is 0.0851 e. The first-order valence-electron chi connectivity index (χ1n) is 8.67. The number of aryl methyl sites for hydroxylation is 2. The van der Waals surface area contributed by atoms with Crippen molar-refractivity contribution in [2.45, 2.75) is 57.3 Å². The normalized spacial score (nSPS) is 32.8. The Morgan fingerprint density at radius 1 is 0.952 bits per heavy atom. The van der Waals surface area contributed by atoms with E-state index in [0.717, 1.165) is 24.7 Å². The molecule has 3 atom stereocenters. The van der Waals surface area contributed by atoms with Gasteiger partial charge < -0.3 is 0 Å². The Morgan fingerprint density at radius 3 is 2.71 bits per heavy atom. The third-order valence-electron chi connectivity index (χ3n) is 5.96. The van der Waals surface area contributed by atoms with Crippen LogP contribution in [-0.4, -0.2) is 9.97 Å². The van der Waals surface area contributed by atoms with E-state index in [9.17, 15) is 0 Å². The van der Waals surface area contributed by atoms with Gasteiger partial charge in [0.05, 0.1) is 22.8 Å². The molecule has 4 aliphatic rings. The quantitative estimate of drug-likeness (QED) is 0.664. The van der Waals surface area contributed by atoms with Gasteiger partial charge in [0.2, 0.25) is 0 Å². The predicted molar refractivity (Wildman–Crippen MR) is 84.0 cm³/mol. The van der Waals surface area contributed by atoms with Crippen molar-refractivity contribution < 1.29 is 0 Å². The highest BCUT2D eigenvalue weighted by Crippen LogP contribution is 2.51. The number of rotatable bonds is 0. The Hall–Kier alpha value is -1.44. The Kier molecular flexibility index (Phi) is 2.62. The summed E-state index contributed by atoms with van der Waals surface area (Å²) in [7, 11) is 0. The van der Waals surface area contributed by atoms with Gasteiger partial charge in [-0.2, -0.15) is 0 Å². The van der Waals surface area contributed by atoms with Gasteiger partial charge >= 0.3 is 0 Å². The fraction of sp³-hybridized carbons (Fsp3) is 0.579. The van der Waals surface area contributed by atoms with E-state index >= 15 is 0 Å². The van der Waals surface area contributed by atoms with Gasteiger partial charge in [-0.1, -0.05) is 17.7 Å². The largest absolute Gasteiger partial charge is 0.253 e. The van der Waals surface area contributed by atoms with Crippen LogP contribution >= 0.6 is 0 Å². The highest BCUT2D eigenvalue weighted by atomic mass is 14.9. The monoisotopic (exact) mass is 278 g/mol. The molecule has 0 spiro atoms. The maximum absolute atomic E-state index is 5.12. The summed E-state index contributed by atoms with van der Waals surface area (Å²) < 4.78 is 0. The van der Waals surface area contributed by atoms with Crippen molar-refractivity contribution in [1.82, 2.24) is 9.97 Å². The standard InChI is InChI=1S/C19H22N2/c1-2-10-16-15(9-1)20-17-11-13-7-3-5-12-6-4-8-14(18(12)13)19(17)21-16/h4,6,11-12,14,18H,1-3,5,7-10H2/t12-,14+,18+/m1/s1. The van der Waals surface area contributed by atoms with Crippen LogP contribution in [0.3, 0.4) is 0 Å². The molecule has 1 fully saturated rings. The second-order valence-electron chi connectivity index (χ2n) is 7.17. The molecule has 2 nitrogen and oxygen atoms in total. The number of nitrogens with zero attached hydrogens (tertiary/aromatic N) is 2. The summed E-state index contributed by atoms with van der Waals surface area (Å²) in [4.78, 5) is 10.2. The van der Waals surface area contributed by atoms with Crippen molar-refractivity contribution >= 4 is 6.08 Å². The molecule has 1 aromatic heterocycles. The first-order valence-corrected chi connectivity index (χ1v) is 8.67. The zero-order chi connectivity index (χ0) is 13.8. The summed E-state index contributed by atoms with van der Waals surface area (Å²) in [5.41, 5.74) is 6.79. The Labute approximate surface area is 126 Å². The summed E-state index contributed by atoms with van der Waals surface area (Å²) in [6, 6.07) is 0. The molecule has 21 heavy (non-hydrogen) atoms. The van der Waals surface area contributed by atoms with Crippen molar-refractivity contribution in [1.29, 1.82) is 0 Å². The summed E-state index contributed by atoms with van der Waals surface area (Å²) in [6.07, 6.45) is 17.3. The average Bonchev–Trinajstić information content (AvgIpc) is 2.54. The van der Waals surface area contributed by atoms with Crippen LogP contribution in [0, 0.1) is 11.8 Å². The molecular formula is C19H22N2. The molecule has 0 saturated heterocycles. The topological polar surface area (TPSA) is 25.8 Å². The van der Waals surface area contributed by atoms with E-state index in [0.29, 0.717) is 5.92 Å². The van der Waals surface area contributed by atoms with Crippen LogP contribution in [0.25, 0.3) is 6.08 Å². The van der Waals surface area contributed by atoms with Crippen LogP contribution in [0.15, 0.2) is 17.7 Å². The lowest BCUT2D eigenvalue weighted by Crippen LogP contribution is -2.33. The van der Waals surface area contributed by atoms with E-state index in [4.69, 9.17) is 9.97 Å². The zero-order valence-electron chi connectivity index (χ0n) is 12.5. The molecule has 0 aliphatic heterocycles. The van der Waals surface area contributed by atoms with Gasteiger partial charge in [0.25, 0.3) is 0 Å². The number of fused-ring (bicyclic) bond motifs is 3. The van der Waals surface area contributed by atoms with E-state index in [1.54, 1.807) is 5.57 Å². The minimum Gasteiger partial charge on any atom is -0.253 e. The summed E-state index contributed by atoms with van der Waals surface area (Å²) in [5, 5.41) is 0. The van der Waals surface area contributed by atoms with Gasteiger partial charge in [-0.15, -0.1) is 0 Å². The van der Waals surface area contributed by atoms with Crippen molar-refractivity contribution in [2.75, 3.05) is 0 Å².